The van der Waals surface area contributed by atoms with Crippen LogP contribution in [0.4, 0.5) is 0 Å². The summed E-state index contributed by atoms with van der Waals surface area (Å²) in [5, 5.41) is 6.46. The summed E-state index contributed by atoms with van der Waals surface area (Å²) in [4.78, 5) is 11.7. The molecule has 18 heavy (non-hydrogen) atoms. The molecule has 2 aliphatic rings. The van der Waals surface area contributed by atoms with Crippen LogP contribution in [-0.2, 0) is 17.9 Å². The van der Waals surface area contributed by atoms with Crippen molar-refractivity contribution in [1.29, 1.82) is 0 Å². The number of nitrogens with one attached hydrogen (secondary N) is 2. The van der Waals surface area contributed by atoms with Crippen molar-refractivity contribution in [3.05, 3.63) is 24.0 Å². The Morgan fingerprint density at radius 3 is 2.89 bits per heavy atom. The Labute approximate surface area is 108 Å². The van der Waals surface area contributed by atoms with Crippen molar-refractivity contribution < 1.29 is 4.79 Å². The van der Waals surface area contributed by atoms with Gasteiger partial charge in [0.1, 0.15) is 6.54 Å². The third-order valence-electron chi connectivity index (χ3n) is 3.59. The average molecular weight is 247 g/mol. The summed E-state index contributed by atoms with van der Waals surface area (Å²) in [5.74, 6) is 0.871. The molecule has 1 aromatic heterocycles. The van der Waals surface area contributed by atoms with Crippen LogP contribution in [0.15, 0.2) is 18.5 Å². The van der Waals surface area contributed by atoms with Gasteiger partial charge in [0.05, 0.1) is 0 Å². The number of nitrogens with zero attached hydrogens (tertiary/aromatic N) is 1. The molecule has 2 aliphatic carbocycles. The van der Waals surface area contributed by atoms with Crippen molar-refractivity contribution in [2.45, 2.75) is 44.8 Å². The van der Waals surface area contributed by atoms with E-state index in [-0.39, 0.29) is 5.91 Å². The molecule has 2 fully saturated rings. The Bertz CT molecular complexity index is 418. The van der Waals surface area contributed by atoms with Crippen LogP contribution in [0.5, 0.6) is 0 Å². The Kier molecular flexibility index (Phi) is 3.37. The lowest BCUT2D eigenvalue weighted by Crippen LogP contribution is -2.28. The van der Waals surface area contributed by atoms with Crippen LogP contribution in [-0.4, -0.2) is 23.1 Å². The van der Waals surface area contributed by atoms with Gasteiger partial charge in [0.2, 0.25) is 5.91 Å². The number of amides is 1. The van der Waals surface area contributed by atoms with Crippen molar-refractivity contribution in [1.82, 2.24) is 15.2 Å². The number of aromatic nitrogens is 1. The second kappa shape index (κ2) is 5.14. The topological polar surface area (TPSA) is 46.1 Å². The highest BCUT2D eigenvalue weighted by Crippen LogP contribution is 2.27. The molecule has 2 saturated carbocycles. The predicted molar refractivity (Wildman–Crippen MR) is 70.0 cm³/mol. The van der Waals surface area contributed by atoms with Gasteiger partial charge in [-0.05, 0) is 43.2 Å². The average Bonchev–Trinajstić information content (AvgIpc) is 3.26. The Morgan fingerprint density at radius 2 is 2.17 bits per heavy atom. The second-order valence-electron chi connectivity index (χ2n) is 5.59. The molecule has 1 aromatic rings. The van der Waals surface area contributed by atoms with Crippen LogP contribution in [0.3, 0.4) is 0 Å². The number of carbonyl (C=O) groups excluding carboxylic acids is 1. The zero-order chi connectivity index (χ0) is 12.4. The van der Waals surface area contributed by atoms with E-state index in [4.69, 9.17) is 0 Å². The van der Waals surface area contributed by atoms with Crippen LogP contribution >= 0.6 is 0 Å². The second-order valence-corrected chi connectivity index (χ2v) is 5.59. The highest BCUT2D eigenvalue weighted by Gasteiger charge is 2.21. The number of hydrogen-bond acceptors (Lipinski definition) is 2. The summed E-state index contributed by atoms with van der Waals surface area (Å²) in [6, 6.07) is 2.82. The largest absolute Gasteiger partial charge is 0.354 e. The van der Waals surface area contributed by atoms with Gasteiger partial charge in [-0.1, -0.05) is 0 Å². The highest BCUT2D eigenvalue weighted by molar-refractivity contribution is 5.75. The number of hydrogen-bond donors (Lipinski definition) is 2. The zero-order valence-electron chi connectivity index (χ0n) is 10.7. The Morgan fingerprint density at radius 1 is 1.33 bits per heavy atom. The molecule has 0 bridgehead atoms. The molecular weight excluding hydrogens is 226 g/mol. The number of carbonyl (C=O) groups is 1. The van der Waals surface area contributed by atoms with Gasteiger partial charge in [0, 0.05) is 31.5 Å². The normalized spacial score (nSPS) is 18.9. The van der Waals surface area contributed by atoms with Gasteiger partial charge >= 0.3 is 0 Å². The molecule has 4 heteroatoms. The SMILES string of the molecule is O=C(Cn1ccc(CNC2CC2)c1)NCC1CC1. The summed E-state index contributed by atoms with van der Waals surface area (Å²) in [6.45, 7) is 2.22. The fourth-order valence-corrected chi connectivity index (χ4v) is 2.04. The fourth-order valence-electron chi connectivity index (χ4n) is 2.04. The van der Waals surface area contributed by atoms with Crippen molar-refractivity contribution >= 4 is 5.91 Å². The highest BCUT2D eigenvalue weighted by atomic mass is 16.1. The smallest absolute Gasteiger partial charge is 0.239 e. The number of rotatable bonds is 7. The van der Waals surface area contributed by atoms with Gasteiger partial charge in [0.15, 0.2) is 0 Å². The minimum Gasteiger partial charge on any atom is -0.354 e. The molecule has 2 N–H and O–H groups in total. The minimum absolute atomic E-state index is 0.124. The van der Waals surface area contributed by atoms with E-state index in [1.165, 1.54) is 31.2 Å². The molecule has 1 heterocycles. The first-order valence-corrected chi connectivity index (χ1v) is 6.94. The third kappa shape index (κ3) is 3.60. The molecule has 4 nitrogen and oxygen atoms in total. The molecule has 0 radical (unpaired) electrons. The van der Waals surface area contributed by atoms with E-state index in [2.05, 4.69) is 22.9 Å². The molecular formula is C14H21N3O. The lowest BCUT2D eigenvalue weighted by Gasteiger charge is -2.05. The van der Waals surface area contributed by atoms with Crippen molar-refractivity contribution in [3.8, 4) is 0 Å². The summed E-state index contributed by atoms with van der Waals surface area (Å²) >= 11 is 0. The van der Waals surface area contributed by atoms with Gasteiger partial charge in [-0.15, -0.1) is 0 Å². The Balaban J connectivity index is 1.41. The monoisotopic (exact) mass is 247 g/mol. The maximum absolute atomic E-state index is 11.7. The van der Waals surface area contributed by atoms with E-state index in [1.54, 1.807) is 0 Å². The van der Waals surface area contributed by atoms with Crippen LogP contribution < -0.4 is 10.6 Å². The first-order valence-electron chi connectivity index (χ1n) is 6.94. The first kappa shape index (κ1) is 11.8. The lowest BCUT2D eigenvalue weighted by atomic mass is 10.3. The van der Waals surface area contributed by atoms with E-state index in [9.17, 15) is 4.79 Å². The molecule has 98 valence electrons. The zero-order valence-corrected chi connectivity index (χ0v) is 10.7. The van der Waals surface area contributed by atoms with Crippen LogP contribution in [0.1, 0.15) is 31.2 Å². The molecule has 0 saturated heterocycles. The molecule has 0 aromatic carbocycles. The molecule has 1 amide bonds. The van der Waals surface area contributed by atoms with Crippen LogP contribution in [0, 0.1) is 5.92 Å². The fraction of sp³-hybridized carbons (Fsp3) is 0.643. The molecule has 0 spiro atoms. The van der Waals surface area contributed by atoms with Gasteiger partial charge in [-0.2, -0.15) is 0 Å². The quantitative estimate of drug-likeness (QED) is 0.762. The summed E-state index contributed by atoms with van der Waals surface area (Å²) in [7, 11) is 0. The molecule has 3 rings (SSSR count). The summed E-state index contributed by atoms with van der Waals surface area (Å²) in [5.41, 5.74) is 1.26. The first-order chi connectivity index (χ1) is 8.79. The summed E-state index contributed by atoms with van der Waals surface area (Å²) < 4.78 is 1.96. The van der Waals surface area contributed by atoms with Gasteiger partial charge in [-0.25, -0.2) is 0 Å². The van der Waals surface area contributed by atoms with E-state index in [0.29, 0.717) is 6.54 Å². The Hall–Kier alpha value is -1.29. The van der Waals surface area contributed by atoms with Gasteiger partial charge < -0.3 is 15.2 Å². The van der Waals surface area contributed by atoms with E-state index in [0.717, 1.165) is 25.0 Å². The molecule has 0 unspecified atom stereocenters. The van der Waals surface area contributed by atoms with E-state index < -0.39 is 0 Å². The standard InChI is InChI=1S/C14H21N3O/c18-14(16-7-11-1-2-11)10-17-6-5-12(9-17)8-15-13-3-4-13/h5-6,9,11,13,15H,1-4,7-8,10H2,(H,16,18). The molecule has 0 aliphatic heterocycles. The van der Waals surface area contributed by atoms with E-state index >= 15 is 0 Å². The predicted octanol–water partition coefficient (Wildman–Crippen LogP) is 1.27. The van der Waals surface area contributed by atoms with Crippen molar-refractivity contribution in [3.63, 3.8) is 0 Å². The van der Waals surface area contributed by atoms with Gasteiger partial charge in [0.25, 0.3) is 0 Å². The molecule has 0 atom stereocenters. The summed E-state index contributed by atoms with van der Waals surface area (Å²) in [6.07, 6.45) is 9.23. The van der Waals surface area contributed by atoms with Crippen molar-refractivity contribution in [2.75, 3.05) is 6.54 Å². The van der Waals surface area contributed by atoms with Crippen LogP contribution in [0.25, 0.3) is 0 Å². The minimum atomic E-state index is 0.124. The van der Waals surface area contributed by atoms with Crippen molar-refractivity contribution in [2.24, 2.45) is 5.92 Å². The maximum Gasteiger partial charge on any atom is 0.239 e. The lowest BCUT2D eigenvalue weighted by molar-refractivity contribution is -0.121. The third-order valence-corrected chi connectivity index (χ3v) is 3.59. The van der Waals surface area contributed by atoms with E-state index in [1.807, 2.05) is 10.8 Å². The maximum atomic E-state index is 11.7. The van der Waals surface area contributed by atoms with Gasteiger partial charge in [-0.3, -0.25) is 4.79 Å². The van der Waals surface area contributed by atoms with Crippen LogP contribution in [0.2, 0.25) is 0 Å².